The first-order valence-electron chi connectivity index (χ1n) is 10.7. The van der Waals surface area contributed by atoms with Crippen LogP contribution in [0.1, 0.15) is 16.9 Å². The summed E-state index contributed by atoms with van der Waals surface area (Å²) in [6.45, 7) is 5.86. The topological polar surface area (TPSA) is 53.4 Å². The molecule has 1 saturated heterocycles. The minimum atomic E-state index is -0.0782. The van der Waals surface area contributed by atoms with Gasteiger partial charge in [-0.2, -0.15) is 0 Å². The Bertz CT molecular complexity index is 968. The Morgan fingerprint density at radius 2 is 1.61 bits per heavy atom. The molecule has 0 aliphatic carbocycles. The van der Waals surface area contributed by atoms with Crippen molar-refractivity contribution >= 4 is 23.4 Å². The summed E-state index contributed by atoms with van der Waals surface area (Å²) in [7, 11) is 0. The highest BCUT2D eigenvalue weighted by molar-refractivity contribution is 7.98. The summed E-state index contributed by atoms with van der Waals surface area (Å²) >= 11 is 1.54. The summed E-state index contributed by atoms with van der Waals surface area (Å²) in [5, 5.41) is 3.89. The number of nitrogens with one attached hydrogen (secondary N) is 1. The van der Waals surface area contributed by atoms with Crippen LogP contribution in [0.25, 0.3) is 5.69 Å². The van der Waals surface area contributed by atoms with E-state index in [-0.39, 0.29) is 5.91 Å². The monoisotopic (exact) mass is 435 g/mol. The van der Waals surface area contributed by atoms with E-state index in [0.717, 1.165) is 50.0 Å². The first-order valence-corrected chi connectivity index (χ1v) is 12.0. The third-order valence-corrected chi connectivity index (χ3v) is 6.24. The minimum absolute atomic E-state index is 0.0782. The predicted octanol–water partition coefficient (Wildman–Crippen LogP) is 3.54. The molecule has 3 aromatic rings. The van der Waals surface area contributed by atoms with Crippen molar-refractivity contribution in [2.24, 2.45) is 0 Å². The molecule has 0 spiro atoms. The van der Waals surface area contributed by atoms with Gasteiger partial charge in [0.1, 0.15) is 5.69 Å². The number of carbonyl (C=O) groups is 1. The van der Waals surface area contributed by atoms with Crippen LogP contribution in [0.5, 0.6) is 0 Å². The molecular formula is C24H29N5OS. The molecule has 2 heterocycles. The molecule has 1 aliphatic rings. The third kappa shape index (κ3) is 5.29. The van der Waals surface area contributed by atoms with Gasteiger partial charge in [-0.05, 0) is 43.5 Å². The SMILES string of the molecule is CSc1ncc(C(=O)NCCCN2CCN(c3ccccc3)CC2)n1-c1ccccc1. The first kappa shape index (κ1) is 21.5. The average molecular weight is 436 g/mol. The van der Waals surface area contributed by atoms with Crippen molar-refractivity contribution in [2.75, 3.05) is 50.4 Å². The summed E-state index contributed by atoms with van der Waals surface area (Å²) in [6.07, 6.45) is 4.57. The van der Waals surface area contributed by atoms with Crippen molar-refractivity contribution in [3.63, 3.8) is 0 Å². The number of piperazine rings is 1. The number of aromatic nitrogens is 2. The molecule has 7 heteroatoms. The van der Waals surface area contributed by atoms with E-state index < -0.39 is 0 Å². The highest BCUT2D eigenvalue weighted by atomic mass is 32.2. The van der Waals surface area contributed by atoms with Crippen molar-refractivity contribution in [2.45, 2.75) is 11.6 Å². The molecular weight excluding hydrogens is 406 g/mol. The number of benzene rings is 2. The maximum absolute atomic E-state index is 12.8. The molecule has 4 rings (SSSR count). The number of hydrogen-bond donors (Lipinski definition) is 1. The molecule has 31 heavy (non-hydrogen) atoms. The lowest BCUT2D eigenvalue weighted by molar-refractivity contribution is 0.0944. The van der Waals surface area contributed by atoms with Gasteiger partial charge in [0.15, 0.2) is 5.16 Å². The molecule has 2 aromatic carbocycles. The van der Waals surface area contributed by atoms with Gasteiger partial charge in [-0.25, -0.2) is 4.98 Å². The predicted molar refractivity (Wildman–Crippen MR) is 127 cm³/mol. The second kappa shape index (κ2) is 10.5. The third-order valence-electron chi connectivity index (χ3n) is 5.59. The number of para-hydroxylation sites is 2. The van der Waals surface area contributed by atoms with E-state index in [1.165, 1.54) is 17.4 Å². The molecule has 162 valence electrons. The molecule has 6 nitrogen and oxygen atoms in total. The van der Waals surface area contributed by atoms with Crippen LogP contribution in [0.15, 0.2) is 72.0 Å². The van der Waals surface area contributed by atoms with Crippen molar-refractivity contribution in [1.29, 1.82) is 0 Å². The number of anilines is 1. The Hall–Kier alpha value is -2.77. The van der Waals surface area contributed by atoms with Gasteiger partial charge in [-0.3, -0.25) is 14.3 Å². The zero-order valence-electron chi connectivity index (χ0n) is 17.9. The summed E-state index contributed by atoms with van der Waals surface area (Å²) in [5.41, 5.74) is 2.83. The van der Waals surface area contributed by atoms with Crippen LogP contribution in [0, 0.1) is 0 Å². The Labute approximate surface area is 188 Å². The number of hydrogen-bond acceptors (Lipinski definition) is 5. The van der Waals surface area contributed by atoms with Gasteiger partial charge in [0, 0.05) is 44.1 Å². The molecule has 0 unspecified atom stereocenters. The zero-order chi connectivity index (χ0) is 21.5. The van der Waals surface area contributed by atoms with Crippen LogP contribution in [0.2, 0.25) is 0 Å². The van der Waals surface area contributed by atoms with E-state index in [0.29, 0.717) is 12.2 Å². The zero-order valence-corrected chi connectivity index (χ0v) is 18.7. The van der Waals surface area contributed by atoms with Gasteiger partial charge >= 0.3 is 0 Å². The van der Waals surface area contributed by atoms with Crippen LogP contribution < -0.4 is 10.2 Å². The van der Waals surface area contributed by atoms with E-state index >= 15 is 0 Å². The summed E-state index contributed by atoms with van der Waals surface area (Å²) in [5.74, 6) is -0.0782. The lowest BCUT2D eigenvalue weighted by Gasteiger charge is -2.36. The van der Waals surface area contributed by atoms with E-state index in [1.54, 1.807) is 6.20 Å². The maximum Gasteiger partial charge on any atom is 0.269 e. The number of thioether (sulfide) groups is 1. The molecule has 0 bridgehead atoms. The number of carbonyl (C=O) groups excluding carboxylic acids is 1. The molecule has 1 aromatic heterocycles. The van der Waals surface area contributed by atoms with Gasteiger partial charge in [-0.15, -0.1) is 0 Å². The van der Waals surface area contributed by atoms with Crippen LogP contribution in [0.3, 0.4) is 0 Å². The van der Waals surface area contributed by atoms with Crippen molar-refractivity contribution in [1.82, 2.24) is 19.8 Å². The lowest BCUT2D eigenvalue weighted by Crippen LogP contribution is -2.47. The normalized spacial score (nSPS) is 14.5. The van der Waals surface area contributed by atoms with Crippen LogP contribution in [-0.4, -0.2) is 65.9 Å². The standard InChI is InChI=1S/C24H29N5OS/c1-31-24-26-19-22(29(24)21-11-6-3-7-12-21)23(30)25-13-8-14-27-15-17-28(18-16-27)20-9-4-2-5-10-20/h2-7,9-12,19H,8,13-18H2,1H3,(H,25,30). The van der Waals surface area contributed by atoms with Gasteiger partial charge in [0.05, 0.1) is 6.20 Å². The molecule has 0 atom stereocenters. The summed E-state index contributed by atoms with van der Waals surface area (Å²) in [6, 6.07) is 20.5. The fourth-order valence-corrected chi connectivity index (χ4v) is 4.47. The van der Waals surface area contributed by atoms with E-state index in [4.69, 9.17) is 0 Å². The van der Waals surface area contributed by atoms with Crippen LogP contribution in [-0.2, 0) is 0 Å². The molecule has 0 saturated carbocycles. The molecule has 1 amide bonds. The lowest BCUT2D eigenvalue weighted by atomic mass is 10.2. The molecule has 1 aliphatic heterocycles. The van der Waals surface area contributed by atoms with E-state index in [2.05, 4.69) is 50.4 Å². The van der Waals surface area contributed by atoms with Crippen LogP contribution in [0.4, 0.5) is 5.69 Å². The van der Waals surface area contributed by atoms with Gasteiger partial charge in [-0.1, -0.05) is 48.2 Å². The van der Waals surface area contributed by atoms with Crippen molar-refractivity contribution in [3.05, 3.63) is 72.6 Å². The number of nitrogens with zero attached hydrogens (tertiary/aromatic N) is 4. The minimum Gasteiger partial charge on any atom is -0.369 e. The Morgan fingerprint density at radius 1 is 0.968 bits per heavy atom. The van der Waals surface area contributed by atoms with Gasteiger partial charge in [0.25, 0.3) is 5.91 Å². The Kier molecular flexibility index (Phi) is 7.27. The average Bonchev–Trinajstić information content (AvgIpc) is 3.28. The fraction of sp³-hybridized carbons (Fsp3) is 0.333. The molecule has 1 fully saturated rings. The quantitative estimate of drug-likeness (QED) is 0.433. The number of rotatable bonds is 8. The van der Waals surface area contributed by atoms with Gasteiger partial charge in [0.2, 0.25) is 0 Å². The maximum atomic E-state index is 12.8. The van der Waals surface area contributed by atoms with Crippen molar-refractivity contribution in [3.8, 4) is 5.69 Å². The largest absolute Gasteiger partial charge is 0.369 e. The molecule has 1 N–H and O–H groups in total. The summed E-state index contributed by atoms with van der Waals surface area (Å²) in [4.78, 5) is 22.2. The fourth-order valence-electron chi connectivity index (χ4n) is 3.93. The first-order chi connectivity index (χ1) is 15.3. The molecule has 0 radical (unpaired) electrons. The Morgan fingerprint density at radius 3 is 2.26 bits per heavy atom. The highest BCUT2D eigenvalue weighted by Gasteiger charge is 2.19. The Balaban J connectivity index is 1.25. The highest BCUT2D eigenvalue weighted by Crippen LogP contribution is 2.21. The van der Waals surface area contributed by atoms with E-state index in [9.17, 15) is 4.79 Å². The number of amides is 1. The second-order valence-corrected chi connectivity index (χ2v) is 8.35. The van der Waals surface area contributed by atoms with Crippen molar-refractivity contribution < 1.29 is 4.79 Å². The second-order valence-electron chi connectivity index (χ2n) is 7.57. The van der Waals surface area contributed by atoms with Gasteiger partial charge < -0.3 is 10.2 Å². The van der Waals surface area contributed by atoms with E-state index in [1.807, 2.05) is 41.2 Å². The summed E-state index contributed by atoms with van der Waals surface area (Å²) < 4.78 is 1.92. The van der Waals surface area contributed by atoms with Crippen LogP contribution >= 0.6 is 11.8 Å². The number of imidazole rings is 1. The smallest absolute Gasteiger partial charge is 0.269 e.